The molecular weight excluding hydrogens is 179 g/mol. The molecule has 1 aromatic carbocycles. The molecule has 0 bridgehead atoms. The van der Waals surface area contributed by atoms with Crippen LogP contribution in [0.25, 0.3) is 0 Å². The molecule has 0 saturated heterocycles. The van der Waals surface area contributed by atoms with Crippen LogP contribution < -0.4 is 4.90 Å². The van der Waals surface area contributed by atoms with Crippen molar-refractivity contribution in [3.63, 3.8) is 0 Å². The highest BCUT2D eigenvalue weighted by atomic mass is 19.1. The molecule has 0 aromatic heterocycles. The molecule has 1 aromatic rings. The first-order valence-corrected chi connectivity index (χ1v) is 4.38. The molecule has 0 spiro atoms. The summed E-state index contributed by atoms with van der Waals surface area (Å²) in [4.78, 5) is 1.81. The Morgan fingerprint density at radius 1 is 1.29 bits per heavy atom. The first-order valence-electron chi connectivity index (χ1n) is 4.38. The molecule has 2 nitrogen and oxygen atoms in total. The van der Waals surface area contributed by atoms with Crippen LogP contribution in [0.2, 0.25) is 0 Å². The Balaban J connectivity index is 2.96. The average molecular weight is 192 g/mol. The standard InChI is InChI=1S/C11H13FN2/c1-11(2,8-13)14(3)10-6-4-9(12)5-7-10/h4-7H,1-3H3. The van der Waals surface area contributed by atoms with E-state index in [1.54, 1.807) is 12.1 Å². The van der Waals surface area contributed by atoms with E-state index in [4.69, 9.17) is 5.26 Å². The highest BCUT2D eigenvalue weighted by Crippen LogP contribution is 2.21. The fourth-order valence-electron chi connectivity index (χ4n) is 1.06. The lowest BCUT2D eigenvalue weighted by Gasteiger charge is -2.31. The van der Waals surface area contributed by atoms with Gasteiger partial charge in [-0.05, 0) is 38.1 Å². The molecule has 3 heteroatoms. The van der Waals surface area contributed by atoms with Gasteiger partial charge in [0, 0.05) is 12.7 Å². The maximum absolute atomic E-state index is 12.6. The van der Waals surface area contributed by atoms with Gasteiger partial charge in [-0.25, -0.2) is 4.39 Å². The van der Waals surface area contributed by atoms with Crippen LogP contribution in [-0.2, 0) is 0 Å². The molecule has 0 N–H and O–H groups in total. The Kier molecular flexibility index (Phi) is 2.76. The van der Waals surface area contributed by atoms with Crippen molar-refractivity contribution in [2.24, 2.45) is 0 Å². The molecule has 0 unspecified atom stereocenters. The van der Waals surface area contributed by atoms with Gasteiger partial charge in [-0.1, -0.05) is 0 Å². The van der Waals surface area contributed by atoms with Crippen molar-refractivity contribution < 1.29 is 4.39 Å². The van der Waals surface area contributed by atoms with E-state index in [0.29, 0.717) is 0 Å². The monoisotopic (exact) mass is 192 g/mol. The highest BCUT2D eigenvalue weighted by Gasteiger charge is 2.22. The Morgan fingerprint density at radius 3 is 2.21 bits per heavy atom. The molecule has 14 heavy (non-hydrogen) atoms. The summed E-state index contributed by atoms with van der Waals surface area (Å²) in [5, 5.41) is 8.91. The van der Waals surface area contributed by atoms with E-state index in [1.807, 2.05) is 25.8 Å². The molecule has 0 saturated carbocycles. The third-order valence-electron chi connectivity index (χ3n) is 2.33. The minimum atomic E-state index is -0.585. The highest BCUT2D eigenvalue weighted by molar-refractivity contribution is 5.49. The van der Waals surface area contributed by atoms with E-state index in [9.17, 15) is 4.39 Å². The van der Waals surface area contributed by atoms with Gasteiger partial charge in [0.25, 0.3) is 0 Å². The van der Waals surface area contributed by atoms with E-state index in [1.165, 1.54) is 12.1 Å². The van der Waals surface area contributed by atoms with Gasteiger partial charge >= 0.3 is 0 Å². The molecule has 74 valence electrons. The van der Waals surface area contributed by atoms with E-state index >= 15 is 0 Å². The normalized spacial score (nSPS) is 10.8. The summed E-state index contributed by atoms with van der Waals surface area (Å²) in [5.74, 6) is -0.267. The predicted octanol–water partition coefficient (Wildman–Crippen LogP) is 2.56. The SMILES string of the molecule is CN(c1ccc(F)cc1)C(C)(C)C#N. The predicted molar refractivity (Wildman–Crippen MR) is 54.5 cm³/mol. The maximum atomic E-state index is 12.6. The van der Waals surface area contributed by atoms with Gasteiger partial charge in [0.05, 0.1) is 6.07 Å². The molecule has 0 radical (unpaired) electrons. The van der Waals surface area contributed by atoms with Crippen LogP contribution in [-0.4, -0.2) is 12.6 Å². The lowest BCUT2D eigenvalue weighted by atomic mass is 10.1. The van der Waals surface area contributed by atoms with Gasteiger partial charge in [0.1, 0.15) is 11.4 Å². The van der Waals surface area contributed by atoms with Gasteiger partial charge in [-0.3, -0.25) is 0 Å². The molecule has 0 amide bonds. The Bertz CT molecular complexity index is 349. The van der Waals surface area contributed by atoms with E-state index < -0.39 is 5.54 Å². The van der Waals surface area contributed by atoms with Crippen LogP contribution in [0.1, 0.15) is 13.8 Å². The van der Waals surface area contributed by atoms with Crippen LogP contribution in [0.4, 0.5) is 10.1 Å². The summed E-state index contributed by atoms with van der Waals surface area (Å²) in [6.45, 7) is 3.63. The van der Waals surface area contributed by atoms with Gasteiger partial charge in [0.15, 0.2) is 0 Å². The number of hydrogen-bond acceptors (Lipinski definition) is 2. The van der Waals surface area contributed by atoms with Gasteiger partial charge in [0.2, 0.25) is 0 Å². The zero-order chi connectivity index (χ0) is 10.8. The number of hydrogen-bond donors (Lipinski definition) is 0. The number of nitriles is 1. The Labute approximate surface area is 83.6 Å². The summed E-state index contributed by atoms with van der Waals surface area (Å²) in [7, 11) is 1.82. The Morgan fingerprint density at radius 2 is 1.79 bits per heavy atom. The van der Waals surface area contributed by atoms with Gasteiger partial charge in [-0.2, -0.15) is 5.26 Å². The second-order valence-electron chi connectivity index (χ2n) is 3.71. The number of anilines is 1. The zero-order valence-electron chi connectivity index (χ0n) is 8.58. The third-order valence-corrected chi connectivity index (χ3v) is 2.33. The molecule has 0 heterocycles. The van der Waals surface area contributed by atoms with E-state index in [2.05, 4.69) is 6.07 Å². The van der Waals surface area contributed by atoms with Crippen molar-refractivity contribution in [2.45, 2.75) is 19.4 Å². The lowest BCUT2D eigenvalue weighted by molar-refractivity contribution is 0.610. The van der Waals surface area contributed by atoms with Crippen LogP contribution in [0.5, 0.6) is 0 Å². The first-order chi connectivity index (χ1) is 6.47. The smallest absolute Gasteiger partial charge is 0.123 e. The van der Waals surface area contributed by atoms with Crippen LogP contribution in [0, 0.1) is 17.1 Å². The molecule has 0 aliphatic carbocycles. The second-order valence-corrected chi connectivity index (χ2v) is 3.71. The van der Waals surface area contributed by atoms with Crippen molar-refractivity contribution >= 4 is 5.69 Å². The summed E-state index contributed by atoms with van der Waals surface area (Å²) >= 11 is 0. The van der Waals surface area contributed by atoms with E-state index in [0.717, 1.165) is 5.69 Å². The van der Waals surface area contributed by atoms with Crippen LogP contribution in [0.15, 0.2) is 24.3 Å². The molecule has 0 atom stereocenters. The largest absolute Gasteiger partial charge is 0.357 e. The number of halogens is 1. The maximum Gasteiger partial charge on any atom is 0.123 e. The molecular formula is C11H13FN2. The molecule has 1 rings (SSSR count). The second kappa shape index (κ2) is 3.67. The minimum absolute atomic E-state index is 0.267. The average Bonchev–Trinajstić information content (AvgIpc) is 2.18. The van der Waals surface area contributed by atoms with Gasteiger partial charge in [-0.15, -0.1) is 0 Å². The van der Waals surface area contributed by atoms with Crippen molar-refractivity contribution in [1.29, 1.82) is 5.26 Å². The van der Waals surface area contributed by atoms with Gasteiger partial charge < -0.3 is 4.90 Å². The fourth-order valence-corrected chi connectivity index (χ4v) is 1.06. The van der Waals surface area contributed by atoms with Crippen molar-refractivity contribution in [2.75, 3.05) is 11.9 Å². The fraction of sp³-hybridized carbons (Fsp3) is 0.364. The third kappa shape index (κ3) is 2.02. The van der Waals surface area contributed by atoms with Crippen molar-refractivity contribution in [1.82, 2.24) is 0 Å². The summed E-state index contributed by atoms with van der Waals surface area (Å²) in [5.41, 5.74) is 0.246. The summed E-state index contributed by atoms with van der Waals surface area (Å²) in [6.07, 6.45) is 0. The molecule has 0 aliphatic heterocycles. The Hall–Kier alpha value is -1.56. The minimum Gasteiger partial charge on any atom is -0.357 e. The topological polar surface area (TPSA) is 27.0 Å². The van der Waals surface area contributed by atoms with Crippen molar-refractivity contribution in [3.8, 4) is 6.07 Å². The first kappa shape index (κ1) is 10.5. The summed E-state index contributed by atoms with van der Waals surface area (Å²) < 4.78 is 12.6. The number of benzene rings is 1. The molecule has 0 aliphatic rings. The molecule has 0 fully saturated rings. The van der Waals surface area contributed by atoms with Crippen LogP contribution in [0.3, 0.4) is 0 Å². The van der Waals surface area contributed by atoms with Crippen LogP contribution >= 0.6 is 0 Å². The number of rotatable bonds is 2. The number of nitrogens with zero attached hydrogens (tertiary/aromatic N) is 2. The lowest BCUT2D eigenvalue weighted by Crippen LogP contribution is -2.39. The van der Waals surface area contributed by atoms with E-state index in [-0.39, 0.29) is 5.82 Å². The quantitative estimate of drug-likeness (QED) is 0.720. The summed E-state index contributed by atoms with van der Waals surface area (Å²) in [6, 6.07) is 8.28. The zero-order valence-corrected chi connectivity index (χ0v) is 8.58. The van der Waals surface area contributed by atoms with Crippen molar-refractivity contribution in [3.05, 3.63) is 30.1 Å².